The van der Waals surface area contributed by atoms with Crippen LogP contribution in [-0.2, 0) is 0 Å². The van der Waals surface area contributed by atoms with Gasteiger partial charge in [-0.05, 0) is 37.6 Å². The molecule has 0 radical (unpaired) electrons. The quantitative estimate of drug-likeness (QED) is 0.836. The lowest BCUT2D eigenvalue weighted by Crippen LogP contribution is -2.39. The zero-order valence-corrected chi connectivity index (χ0v) is 14.8. The van der Waals surface area contributed by atoms with Crippen LogP contribution in [0.25, 0.3) is 0 Å². The van der Waals surface area contributed by atoms with Crippen molar-refractivity contribution in [2.45, 2.75) is 44.2 Å². The Labute approximate surface area is 139 Å². The van der Waals surface area contributed by atoms with Crippen LogP contribution in [0.5, 0.6) is 17.2 Å². The number of methoxy groups -OCH3 is 3. The average molecular weight is 322 g/mol. The van der Waals surface area contributed by atoms with Crippen LogP contribution in [0.4, 0.5) is 0 Å². The van der Waals surface area contributed by atoms with Gasteiger partial charge in [0, 0.05) is 18.6 Å². The van der Waals surface area contributed by atoms with E-state index in [1.165, 1.54) is 32.1 Å². The van der Waals surface area contributed by atoms with E-state index in [2.05, 4.69) is 11.9 Å². The fraction of sp³-hybridized carbons (Fsp3) is 0.667. The maximum Gasteiger partial charge on any atom is 0.203 e. The Balaban J connectivity index is 2.32. The summed E-state index contributed by atoms with van der Waals surface area (Å²) in [7, 11) is 7.08. The Morgan fingerprint density at radius 1 is 1.04 bits per heavy atom. The van der Waals surface area contributed by atoms with Crippen molar-refractivity contribution in [3.8, 4) is 17.2 Å². The minimum Gasteiger partial charge on any atom is -0.493 e. The molecular weight excluding hydrogens is 292 g/mol. The van der Waals surface area contributed by atoms with Crippen LogP contribution in [0.15, 0.2) is 12.1 Å². The van der Waals surface area contributed by atoms with Gasteiger partial charge in [-0.15, -0.1) is 0 Å². The van der Waals surface area contributed by atoms with E-state index < -0.39 is 0 Å². The third kappa shape index (κ3) is 3.90. The average Bonchev–Trinajstić information content (AvgIpc) is 2.61. The van der Waals surface area contributed by atoms with Crippen molar-refractivity contribution in [1.29, 1.82) is 0 Å². The highest BCUT2D eigenvalue weighted by Gasteiger charge is 2.26. The van der Waals surface area contributed by atoms with Gasteiger partial charge in [-0.1, -0.05) is 19.3 Å². The maximum absolute atomic E-state index is 6.11. The third-order valence-corrected chi connectivity index (χ3v) is 4.94. The highest BCUT2D eigenvalue weighted by molar-refractivity contribution is 5.54. The van der Waals surface area contributed by atoms with Gasteiger partial charge in [0.15, 0.2) is 11.5 Å². The van der Waals surface area contributed by atoms with Gasteiger partial charge in [-0.3, -0.25) is 4.90 Å². The molecule has 1 unspecified atom stereocenters. The summed E-state index contributed by atoms with van der Waals surface area (Å²) in [6.07, 6.45) is 6.46. The van der Waals surface area contributed by atoms with Gasteiger partial charge in [-0.25, -0.2) is 0 Å². The summed E-state index contributed by atoms with van der Waals surface area (Å²) in [5, 5.41) is 0. The van der Waals surface area contributed by atoms with Crippen molar-refractivity contribution in [3.63, 3.8) is 0 Å². The van der Waals surface area contributed by atoms with Crippen LogP contribution in [0.2, 0.25) is 0 Å². The zero-order chi connectivity index (χ0) is 16.8. The van der Waals surface area contributed by atoms with E-state index in [9.17, 15) is 0 Å². The smallest absolute Gasteiger partial charge is 0.203 e. The summed E-state index contributed by atoms with van der Waals surface area (Å²) in [5.41, 5.74) is 7.22. The molecule has 0 amide bonds. The van der Waals surface area contributed by atoms with E-state index in [4.69, 9.17) is 19.9 Å². The topological polar surface area (TPSA) is 57.0 Å². The molecule has 1 fully saturated rings. The van der Waals surface area contributed by atoms with Gasteiger partial charge in [0.1, 0.15) is 0 Å². The van der Waals surface area contributed by atoms with Gasteiger partial charge in [0.25, 0.3) is 0 Å². The molecule has 2 N–H and O–H groups in total. The molecule has 1 saturated carbocycles. The lowest BCUT2D eigenvalue weighted by molar-refractivity contribution is 0.140. The lowest BCUT2D eigenvalue weighted by atomic mass is 9.92. The number of hydrogen-bond acceptors (Lipinski definition) is 5. The van der Waals surface area contributed by atoms with Gasteiger partial charge in [-0.2, -0.15) is 0 Å². The van der Waals surface area contributed by atoms with E-state index in [1.54, 1.807) is 21.3 Å². The number of rotatable bonds is 7. The fourth-order valence-electron chi connectivity index (χ4n) is 3.57. The van der Waals surface area contributed by atoms with Gasteiger partial charge in [0.05, 0.1) is 21.3 Å². The van der Waals surface area contributed by atoms with Crippen LogP contribution in [0, 0.1) is 0 Å². The second-order valence-corrected chi connectivity index (χ2v) is 6.17. The molecule has 5 nitrogen and oxygen atoms in total. The SMILES string of the molecule is COc1cc(C(CN)N(C)C2CCCCC2)cc(OC)c1OC. The Bertz CT molecular complexity index is 476. The fourth-order valence-corrected chi connectivity index (χ4v) is 3.57. The van der Waals surface area contributed by atoms with Crippen LogP contribution >= 0.6 is 0 Å². The molecule has 1 aromatic carbocycles. The van der Waals surface area contributed by atoms with E-state index in [0.29, 0.717) is 29.8 Å². The molecule has 0 spiro atoms. The van der Waals surface area contributed by atoms with Crippen LogP contribution in [-0.4, -0.2) is 45.9 Å². The number of likely N-dealkylation sites (N-methyl/N-ethyl adjacent to an activating group) is 1. The molecule has 1 aliphatic carbocycles. The van der Waals surface area contributed by atoms with Crippen LogP contribution < -0.4 is 19.9 Å². The summed E-state index contributed by atoms with van der Waals surface area (Å²) in [5.74, 6) is 1.98. The highest BCUT2D eigenvalue weighted by atomic mass is 16.5. The molecule has 1 atom stereocenters. The molecule has 0 bridgehead atoms. The lowest BCUT2D eigenvalue weighted by Gasteiger charge is -2.37. The number of nitrogens with zero attached hydrogens (tertiary/aromatic N) is 1. The first-order valence-corrected chi connectivity index (χ1v) is 8.38. The standard InChI is InChI=1S/C18H30N2O3/c1-20(14-8-6-5-7-9-14)15(12-19)13-10-16(21-2)18(23-4)17(11-13)22-3/h10-11,14-15H,5-9,12,19H2,1-4H3. The second kappa shape index (κ2) is 8.41. The molecule has 0 aromatic heterocycles. The predicted octanol–water partition coefficient (Wildman–Crippen LogP) is 2.98. The molecular formula is C18H30N2O3. The van der Waals surface area contributed by atoms with Gasteiger partial charge < -0.3 is 19.9 Å². The molecule has 130 valence electrons. The van der Waals surface area contributed by atoms with Crippen LogP contribution in [0.1, 0.15) is 43.7 Å². The van der Waals surface area contributed by atoms with E-state index in [1.807, 2.05) is 12.1 Å². The summed E-state index contributed by atoms with van der Waals surface area (Å²) < 4.78 is 16.4. The van der Waals surface area contributed by atoms with Crippen molar-refractivity contribution in [2.24, 2.45) is 5.73 Å². The largest absolute Gasteiger partial charge is 0.493 e. The van der Waals surface area contributed by atoms with Gasteiger partial charge in [0.2, 0.25) is 5.75 Å². The van der Waals surface area contributed by atoms with E-state index in [0.717, 1.165) is 5.56 Å². The molecule has 5 heteroatoms. The molecule has 1 aromatic rings. The van der Waals surface area contributed by atoms with Crippen molar-refractivity contribution in [2.75, 3.05) is 34.9 Å². The third-order valence-electron chi connectivity index (χ3n) is 4.94. The second-order valence-electron chi connectivity index (χ2n) is 6.17. The van der Waals surface area contributed by atoms with Crippen molar-refractivity contribution < 1.29 is 14.2 Å². The van der Waals surface area contributed by atoms with E-state index in [-0.39, 0.29) is 6.04 Å². The van der Waals surface area contributed by atoms with Crippen LogP contribution in [0.3, 0.4) is 0 Å². The minimum atomic E-state index is 0.145. The number of nitrogens with two attached hydrogens (primary N) is 1. The molecule has 1 aliphatic rings. The number of ether oxygens (including phenoxy) is 3. The Morgan fingerprint density at radius 2 is 1.61 bits per heavy atom. The number of benzene rings is 1. The molecule has 2 rings (SSSR count). The number of hydrogen-bond donors (Lipinski definition) is 1. The summed E-state index contributed by atoms with van der Waals surface area (Å²) in [6.45, 7) is 0.561. The summed E-state index contributed by atoms with van der Waals surface area (Å²) in [4.78, 5) is 2.42. The summed E-state index contributed by atoms with van der Waals surface area (Å²) >= 11 is 0. The van der Waals surface area contributed by atoms with E-state index >= 15 is 0 Å². The first kappa shape index (κ1) is 17.9. The maximum atomic E-state index is 6.11. The highest BCUT2D eigenvalue weighted by Crippen LogP contribution is 2.41. The summed E-state index contributed by atoms with van der Waals surface area (Å²) in [6, 6.07) is 4.76. The Hall–Kier alpha value is -1.46. The van der Waals surface area contributed by atoms with Crippen molar-refractivity contribution >= 4 is 0 Å². The molecule has 0 heterocycles. The first-order chi connectivity index (χ1) is 11.2. The minimum absolute atomic E-state index is 0.145. The molecule has 0 saturated heterocycles. The first-order valence-electron chi connectivity index (χ1n) is 8.38. The van der Waals surface area contributed by atoms with Gasteiger partial charge >= 0.3 is 0 Å². The monoisotopic (exact) mass is 322 g/mol. The zero-order valence-electron chi connectivity index (χ0n) is 14.8. The Kier molecular flexibility index (Phi) is 6.54. The van der Waals surface area contributed by atoms with Crippen molar-refractivity contribution in [1.82, 2.24) is 4.90 Å². The Morgan fingerprint density at radius 3 is 2.04 bits per heavy atom. The molecule has 0 aliphatic heterocycles. The molecule has 23 heavy (non-hydrogen) atoms. The normalized spacial score (nSPS) is 17.1. The predicted molar refractivity (Wildman–Crippen MR) is 92.5 cm³/mol. The van der Waals surface area contributed by atoms with Crippen molar-refractivity contribution in [3.05, 3.63) is 17.7 Å².